The van der Waals surface area contributed by atoms with E-state index in [0.29, 0.717) is 17.7 Å². The number of Topliss-reactive ketones (excluding diaryl/α,β-unsaturated/α-hetero) is 1. The highest BCUT2D eigenvalue weighted by Gasteiger charge is 2.44. The fraction of sp³-hybridized carbons (Fsp3) is 0.333. The molecule has 3 rings (SSSR count). The van der Waals surface area contributed by atoms with Gasteiger partial charge in [0.1, 0.15) is 5.69 Å². The summed E-state index contributed by atoms with van der Waals surface area (Å²) in [6, 6.07) is 1.50. The number of nitrogens with zero attached hydrogens (tertiary/aromatic N) is 2. The van der Waals surface area contributed by atoms with Crippen molar-refractivity contribution in [1.82, 2.24) is 14.5 Å². The smallest absolute Gasteiger partial charge is 0.291 e. The SMILES string of the molecule is CC1C(=O)c2n[nH]cc2C(C)N1S(=O)(=O)c1ccc(C(F)(F)F)cc1. The van der Waals surface area contributed by atoms with Crippen molar-refractivity contribution < 1.29 is 26.4 Å². The largest absolute Gasteiger partial charge is 0.416 e. The molecule has 10 heteroatoms. The van der Waals surface area contributed by atoms with Gasteiger partial charge in [-0.3, -0.25) is 9.89 Å². The molecule has 25 heavy (non-hydrogen) atoms. The predicted molar refractivity (Wildman–Crippen MR) is 81.3 cm³/mol. The van der Waals surface area contributed by atoms with E-state index in [9.17, 15) is 26.4 Å². The summed E-state index contributed by atoms with van der Waals surface area (Å²) < 4.78 is 64.8. The minimum Gasteiger partial charge on any atom is -0.291 e. The Kier molecular flexibility index (Phi) is 3.99. The van der Waals surface area contributed by atoms with E-state index in [1.807, 2.05) is 0 Å². The predicted octanol–water partition coefficient (Wildman–Crippen LogP) is 2.77. The number of alkyl halides is 3. The third kappa shape index (κ3) is 2.74. The number of aromatic amines is 1. The summed E-state index contributed by atoms with van der Waals surface area (Å²) in [4.78, 5) is 12.1. The van der Waals surface area contributed by atoms with Gasteiger partial charge < -0.3 is 0 Å². The average Bonchev–Trinajstić information content (AvgIpc) is 3.02. The molecule has 0 aliphatic carbocycles. The third-order valence-electron chi connectivity index (χ3n) is 4.25. The van der Waals surface area contributed by atoms with Gasteiger partial charge in [-0.1, -0.05) is 0 Å². The lowest BCUT2D eigenvalue weighted by Crippen LogP contribution is -2.48. The second-order valence-electron chi connectivity index (χ2n) is 5.76. The van der Waals surface area contributed by atoms with Crippen molar-refractivity contribution in [2.45, 2.75) is 37.0 Å². The van der Waals surface area contributed by atoms with Crippen molar-refractivity contribution in [1.29, 1.82) is 0 Å². The van der Waals surface area contributed by atoms with E-state index >= 15 is 0 Å². The molecule has 2 aromatic rings. The second-order valence-corrected chi connectivity index (χ2v) is 7.61. The Morgan fingerprint density at radius 2 is 1.72 bits per heavy atom. The van der Waals surface area contributed by atoms with Crippen LogP contribution in [0.15, 0.2) is 35.4 Å². The van der Waals surface area contributed by atoms with E-state index < -0.39 is 39.6 Å². The molecule has 134 valence electrons. The monoisotopic (exact) mass is 373 g/mol. The number of aromatic nitrogens is 2. The lowest BCUT2D eigenvalue weighted by Gasteiger charge is -2.35. The van der Waals surface area contributed by atoms with Gasteiger partial charge in [0.15, 0.2) is 0 Å². The molecule has 1 N–H and O–H groups in total. The number of fused-ring (bicyclic) bond motifs is 1. The van der Waals surface area contributed by atoms with Crippen LogP contribution in [0.3, 0.4) is 0 Å². The number of halogens is 3. The van der Waals surface area contributed by atoms with Gasteiger partial charge in [0.05, 0.1) is 22.5 Å². The summed E-state index contributed by atoms with van der Waals surface area (Å²) in [5.74, 6) is -0.468. The standard InChI is InChI=1S/C15H14F3N3O3S/c1-8-12-7-19-20-13(12)14(22)9(2)21(8)25(23,24)11-5-3-10(4-6-11)15(16,17)18/h3-9H,1-2H3,(H,19,20). The van der Waals surface area contributed by atoms with Crippen LogP contribution in [0.4, 0.5) is 13.2 Å². The van der Waals surface area contributed by atoms with Crippen LogP contribution in [0.5, 0.6) is 0 Å². The fourth-order valence-corrected chi connectivity index (χ4v) is 4.72. The van der Waals surface area contributed by atoms with Crippen molar-refractivity contribution in [2.75, 3.05) is 0 Å². The number of benzene rings is 1. The number of nitrogens with one attached hydrogen (secondary N) is 1. The van der Waals surface area contributed by atoms with E-state index in [4.69, 9.17) is 0 Å². The Morgan fingerprint density at radius 3 is 2.28 bits per heavy atom. The molecule has 0 saturated heterocycles. The zero-order chi connectivity index (χ0) is 18.6. The molecule has 0 bridgehead atoms. The van der Waals surface area contributed by atoms with Crippen LogP contribution >= 0.6 is 0 Å². The Bertz CT molecular complexity index is 919. The molecule has 1 aromatic heterocycles. The molecule has 2 heterocycles. The van der Waals surface area contributed by atoms with Gasteiger partial charge >= 0.3 is 6.18 Å². The Morgan fingerprint density at radius 1 is 1.12 bits per heavy atom. The first-order valence-corrected chi connectivity index (χ1v) is 8.78. The lowest BCUT2D eigenvalue weighted by atomic mass is 9.97. The van der Waals surface area contributed by atoms with Crippen LogP contribution in [-0.2, 0) is 16.2 Å². The van der Waals surface area contributed by atoms with Gasteiger partial charge in [0, 0.05) is 11.8 Å². The number of sulfonamides is 1. The van der Waals surface area contributed by atoms with Crippen molar-refractivity contribution in [2.24, 2.45) is 0 Å². The van der Waals surface area contributed by atoms with Gasteiger partial charge in [-0.25, -0.2) is 8.42 Å². The first-order valence-electron chi connectivity index (χ1n) is 7.34. The van der Waals surface area contributed by atoms with E-state index in [1.54, 1.807) is 6.92 Å². The molecule has 6 nitrogen and oxygen atoms in total. The first kappa shape index (κ1) is 17.6. The van der Waals surface area contributed by atoms with Crippen LogP contribution < -0.4 is 0 Å². The number of hydrogen-bond donors (Lipinski definition) is 1. The molecule has 0 fully saturated rings. The summed E-state index contributed by atoms with van der Waals surface area (Å²) in [5, 5.41) is 6.39. The summed E-state index contributed by atoms with van der Waals surface area (Å²) in [5.41, 5.74) is -0.336. The minimum absolute atomic E-state index is 0.180. The normalized spacial score (nSPS) is 22.0. The molecule has 0 amide bonds. The van der Waals surface area contributed by atoms with Crippen LogP contribution in [0.25, 0.3) is 0 Å². The van der Waals surface area contributed by atoms with Gasteiger partial charge in [-0.05, 0) is 38.1 Å². The van der Waals surface area contributed by atoms with Crippen molar-refractivity contribution in [3.05, 3.63) is 47.3 Å². The maximum atomic E-state index is 12.9. The van der Waals surface area contributed by atoms with E-state index in [2.05, 4.69) is 10.2 Å². The maximum Gasteiger partial charge on any atom is 0.416 e. The van der Waals surface area contributed by atoms with Crippen molar-refractivity contribution in [3.63, 3.8) is 0 Å². The summed E-state index contributed by atoms with van der Waals surface area (Å²) in [6.07, 6.45) is -3.12. The van der Waals surface area contributed by atoms with E-state index in [1.165, 1.54) is 13.1 Å². The molecule has 0 saturated carbocycles. The summed E-state index contributed by atoms with van der Waals surface area (Å²) in [6.45, 7) is 3.02. The van der Waals surface area contributed by atoms with Crippen molar-refractivity contribution in [3.8, 4) is 0 Å². The number of ketones is 1. The second kappa shape index (κ2) is 5.67. The highest BCUT2D eigenvalue weighted by molar-refractivity contribution is 7.89. The Balaban J connectivity index is 2.04. The zero-order valence-corrected chi connectivity index (χ0v) is 14.0. The number of carbonyl (C=O) groups is 1. The molecule has 2 atom stereocenters. The zero-order valence-electron chi connectivity index (χ0n) is 13.2. The third-order valence-corrected chi connectivity index (χ3v) is 6.31. The number of carbonyl (C=O) groups excluding carboxylic acids is 1. The molecular formula is C15H14F3N3O3S. The summed E-state index contributed by atoms with van der Waals surface area (Å²) in [7, 11) is -4.17. The average molecular weight is 373 g/mol. The summed E-state index contributed by atoms with van der Waals surface area (Å²) >= 11 is 0. The Labute approximate surface area is 141 Å². The molecule has 0 spiro atoms. The lowest BCUT2D eigenvalue weighted by molar-refractivity contribution is -0.137. The van der Waals surface area contributed by atoms with E-state index in [-0.39, 0.29) is 10.6 Å². The van der Waals surface area contributed by atoms with Crippen LogP contribution in [-0.4, -0.2) is 34.7 Å². The van der Waals surface area contributed by atoms with Gasteiger partial charge in [0.25, 0.3) is 0 Å². The van der Waals surface area contributed by atoms with Crippen LogP contribution in [0.2, 0.25) is 0 Å². The van der Waals surface area contributed by atoms with Crippen molar-refractivity contribution >= 4 is 15.8 Å². The maximum absolute atomic E-state index is 12.9. The first-order chi connectivity index (χ1) is 11.5. The molecule has 1 aliphatic heterocycles. The van der Waals surface area contributed by atoms with Gasteiger partial charge in [0.2, 0.25) is 15.8 Å². The molecule has 1 aliphatic rings. The number of hydrogen-bond acceptors (Lipinski definition) is 4. The number of rotatable bonds is 2. The highest BCUT2D eigenvalue weighted by Crippen LogP contribution is 2.37. The fourth-order valence-electron chi connectivity index (χ4n) is 2.95. The van der Waals surface area contributed by atoms with Gasteiger partial charge in [-0.15, -0.1) is 0 Å². The topological polar surface area (TPSA) is 83.1 Å². The quantitative estimate of drug-likeness (QED) is 0.877. The van der Waals surface area contributed by atoms with Crippen LogP contribution in [0, 0.1) is 0 Å². The van der Waals surface area contributed by atoms with E-state index in [0.717, 1.165) is 16.4 Å². The molecule has 1 aromatic carbocycles. The molecular weight excluding hydrogens is 359 g/mol. The molecule has 2 unspecified atom stereocenters. The van der Waals surface area contributed by atoms with Crippen LogP contribution in [0.1, 0.15) is 41.5 Å². The number of H-pyrrole nitrogens is 1. The minimum atomic E-state index is -4.56. The molecule has 0 radical (unpaired) electrons. The Hall–Kier alpha value is -2.20. The van der Waals surface area contributed by atoms with Gasteiger partial charge in [-0.2, -0.15) is 22.6 Å². The highest BCUT2D eigenvalue weighted by atomic mass is 32.2.